The van der Waals surface area contributed by atoms with Gasteiger partial charge in [0.15, 0.2) is 0 Å². The molecule has 1 aliphatic rings. The minimum absolute atomic E-state index is 0.318. The lowest BCUT2D eigenvalue weighted by atomic mass is 10.3. The molecule has 0 bridgehead atoms. The number of carbonyl (C=O) groups is 1. The van der Waals surface area contributed by atoms with E-state index in [0.717, 1.165) is 0 Å². The zero-order valence-corrected chi connectivity index (χ0v) is 8.47. The van der Waals surface area contributed by atoms with Gasteiger partial charge in [0.1, 0.15) is 0 Å². The zero-order chi connectivity index (χ0) is 11.7. The summed E-state index contributed by atoms with van der Waals surface area (Å²) in [7, 11) is -5.00. The average molecular weight is 244 g/mol. The fraction of sp³-hybridized carbons (Fsp3) is 0.857. The monoisotopic (exact) mass is 244 g/mol. The number of halogens is 2. The largest absolute Gasteiger partial charge is 0.476 e. The molecule has 1 rings (SSSR count). The zero-order valence-electron chi connectivity index (χ0n) is 7.65. The molecule has 1 atom stereocenters. The molecule has 0 aromatic rings. The van der Waals surface area contributed by atoms with E-state index in [0.29, 0.717) is 19.4 Å². The van der Waals surface area contributed by atoms with E-state index in [4.69, 9.17) is 9.84 Å². The third kappa shape index (κ3) is 2.43. The second-order valence-electron chi connectivity index (χ2n) is 3.24. The number of aliphatic carboxylic acids is 1. The first kappa shape index (κ1) is 12.3. The third-order valence-electron chi connectivity index (χ3n) is 2.07. The van der Waals surface area contributed by atoms with Gasteiger partial charge in [-0.25, -0.2) is 13.2 Å². The van der Waals surface area contributed by atoms with E-state index in [1.54, 1.807) is 0 Å². The molecule has 0 radical (unpaired) electrons. The van der Waals surface area contributed by atoms with Crippen LogP contribution in [0.3, 0.4) is 0 Å². The van der Waals surface area contributed by atoms with Crippen molar-refractivity contribution in [2.45, 2.75) is 24.2 Å². The quantitative estimate of drug-likeness (QED) is 0.767. The van der Waals surface area contributed by atoms with Crippen molar-refractivity contribution in [1.82, 2.24) is 0 Å². The maximum absolute atomic E-state index is 12.7. The molecule has 8 heteroatoms. The molecular formula is C7H10F2O5S. The minimum Gasteiger partial charge on any atom is -0.476 e. The Labute approximate surface area is 84.9 Å². The van der Waals surface area contributed by atoms with Crippen molar-refractivity contribution in [3.05, 3.63) is 0 Å². The highest BCUT2D eigenvalue weighted by Crippen LogP contribution is 2.26. The third-order valence-corrected chi connectivity index (χ3v) is 3.84. The number of ether oxygens (including phenoxy) is 1. The van der Waals surface area contributed by atoms with Gasteiger partial charge in [-0.1, -0.05) is 0 Å². The maximum atomic E-state index is 12.7. The van der Waals surface area contributed by atoms with Crippen molar-refractivity contribution < 1.29 is 31.8 Å². The van der Waals surface area contributed by atoms with Gasteiger partial charge in [-0.05, 0) is 12.8 Å². The lowest BCUT2D eigenvalue weighted by molar-refractivity contribution is -0.153. The summed E-state index contributed by atoms with van der Waals surface area (Å²) in [6, 6.07) is 0. The van der Waals surface area contributed by atoms with Gasteiger partial charge >= 0.3 is 11.2 Å². The number of rotatable bonds is 4. The molecule has 15 heavy (non-hydrogen) atoms. The van der Waals surface area contributed by atoms with Crippen molar-refractivity contribution in [1.29, 1.82) is 0 Å². The molecule has 1 unspecified atom stereocenters. The summed E-state index contributed by atoms with van der Waals surface area (Å²) in [6.07, 6.45) is 0.133. The van der Waals surface area contributed by atoms with Crippen LogP contribution in [0.5, 0.6) is 0 Å². The molecule has 0 aromatic carbocycles. The van der Waals surface area contributed by atoms with Gasteiger partial charge in [-0.3, -0.25) is 0 Å². The van der Waals surface area contributed by atoms with Crippen LogP contribution in [0.15, 0.2) is 0 Å². The normalized spacial score (nSPS) is 22.9. The van der Waals surface area contributed by atoms with Gasteiger partial charge in [-0.15, -0.1) is 0 Å². The lowest BCUT2D eigenvalue weighted by Crippen LogP contribution is -2.41. The Morgan fingerprint density at radius 3 is 2.53 bits per heavy atom. The smallest absolute Gasteiger partial charge is 0.439 e. The van der Waals surface area contributed by atoms with Crippen LogP contribution in [0, 0.1) is 0 Å². The standard InChI is InChI=1S/C7H10F2O5S/c8-7(9,6(10)11)15(12,13)4-5-2-1-3-14-5/h5H,1-4H2,(H,10,11). The van der Waals surface area contributed by atoms with E-state index in [-0.39, 0.29) is 0 Å². The van der Waals surface area contributed by atoms with Crippen molar-refractivity contribution in [2.75, 3.05) is 12.4 Å². The second-order valence-corrected chi connectivity index (χ2v) is 5.31. The first-order valence-corrected chi connectivity index (χ1v) is 5.87. The molecule has 0 saturated carbocycles. The van der Waals surface area contributed by atoms with E-state index in [1.165, 1.54) is 0 Å². The van der Waals surface area contributed by atoms with Crippen LogP contribution in [0.2, 0.25) is 0 Å². The number of hydrogen-bond acceptors (Lipinski definition) is 4. The Kier molecular flexibility index (Phi) is 3.29. The Hall–Kier alpha value is -0.760. The van der Waals surface area contributed by atoms with Crippen LogP contribution in [-0.4, -0.2) is 43.2 Å². The van der Waals surface area contributed by atoms with E-state index >= 15 is 0 Å². The van der Waals surface area contributed by atoms with E-state index in [1.807, 2.05) is 0 Å². The van der Waals surface area contributed by atoms with E-state index in [2.05, 4.69) is 0 Å². The Bertz CT molecular complexity index is 344. The number of carboxylic acid groups (broad SMARTS) is 1. The highest BCUT2D eigenvalue weighted by molar-refractivity contribution is 7.93. The average Bonchev–Trinajstić information content (AvgIpc) is 2.55. The van der Waals surface area contributed by atoms with Gasteiger partial charge in [0.2, 0.25) is 9.84 Å². The van der Waals surface area contributed by atoms with Gasteiger partial charge < -0.3 is 9.84 Å². The predicted octanol–water partition coefficient (Wildman–Crippen LogP) is 0.258. The first-order chi connectivity index (χ1) is 6.77. The van der Waals surface area contributed by atoms with Crippen LogP contribution in [0.1, 0.15) is 12.8 Å². The minimum atomic E-state index is -5.00. The summed E-state index contributed by atoms with van der Waals surface area (Å²) in [5, 5.41) is 3.34. The molecule has 1 heterocycles. The molecular weight excluding hydrogens is 234 g/mol. The number of sulfone groups is 1. The number of hydrogen-bond donors (Lipinski definition) is 1. The molecule has 1 aliphatic heterocycles. The van der Waals surface area contributed by atoms with Crippen LogP contribution in [-0.2, 0) is 19.4 Å². The van der Waals surface area contributed by atoms with Crippen molar-refractivity contribution in [3.8, 4) is 0 Å². The Morgan fingerprint density at radius 2 is 2.13 bits per heavy atom. The van der Waals surface area contributed by atoms with Gasteiger partial charge in [0.25, 0.3) is 0 Å². The summed E-state index contributed by atoms with van der Waals surface area (Å²) in [5.41, 5.74) is 0. The Morgan fingerprint density at radius 1 is 1.53 bits per heavy atom. The van der Waals surface area contributed by atoms with Crippen LogP contribution in [0.4, 0.5) is 8.78 Å². The topological polar surface area (TPSA) is 80.7 Å². The number of alkyl halides is 2. The molecule has 1 fully saturated rings. The molecule has 0 aliphatic carbocycles. The SMILES string of the molecule is O=C(O)C(F)(F)S(=O)(=O)CC1CCCO1. The summed E-state index contributed by atoms with van der Waals surface area (Å²) >= 11 is 0. The van der Waals surface area contributed by atoms with Gasteiger partial charge in [0, 0.05) is 6.61 Å². The predicted molar refractivity (Wildman–Crippen MR) is 45.3 cm³/mol. The molecule has 88 valence electrons. The summed E-state index contributed by atoms with van der Waals surface area (Å²) in [4.78, 5) is 10.1. The highest BCUT2D eigenvalue weighted by atomic mass is 32.2. The van der Waals surface area contributed by atoms with Crippen molar-refractivity contribution in [3.63, 3.8) is 0 Å². The first-order valence-electron chi connectivity index (χ1n) is 4.22. The van der Waals surface area contributed by atoms with Gasteiger partial charge in [0.05, 0.1) is 11.9 Å². The van der Waals surface area contributed by atoms with E-state index < -0.39 is 32.9 Å². The number of carboxylic acids is 1. The lowest BCUT2D eigenvalue weighted by Gasteiger charge is -2.15. The van der Waals surface area contributed by atoms with Crippen molar-refractivity contribution >= 4 is 15.8 Å². The molecule has 0 aromatic heterocycles. The second kappa shape index (κ2) is 4.01. The molecule has 0 spiro atoms. The Balaban J connectivity index is 2.78. The van der Waals surface area contributed by atoms with E-state index in [9.17, 15) is 22.0 Å². The summed E-state index contributed by atoms with van der Waals surface area (Å²) in [5.74, 6) is -3.60. The molecule has 5 nitrogen and oxygen atoms in total. The summed E-state index contributed by atoms with van der Waals surface area (Å²) < 4.78 is 52.4. The van der Waals surface area contributed by atoms with Crippen molar-refractivity contribution in [2.24, 2.45) is 0 Å². The van der Waals surface area contributed by atoms with Crippen LogP contribution in [0.25, 0.3) is 0 Å². The maximum Gasteiger partial charge on any atom is 0.439 e. The highest BCUT2D eigenvalue weighted by Gasteiger charge is 2.53. The fourth-order valence-electron chi connectivity index (χ4n) is 1.26. The molecule has 0 amide bonds. The van der Waals surface area contributed by atoms with Crippen LogP contribution < -0.4 is 0 Å². The molecule has 1 saturated heterocycles. The van der Waals surface area contributed by atoms with Crippen LogP contribution >= 0.6 is 0 Å². The molecule has 1 N–H and O–H groups in total. The van der Waals surface area contributed by atoms with Gasteiger partial charge in [-0.2, -0.15) is 8.78 Å². The summed E-state index contributed by atoms with van der Waals surface area (Å²) in [6.45, 7) is 0.318. The fourth-order valence-corrected chi connectivity index (χ4v) is 2.49.